The van der Waals surface area contributed by atoms with E-state index in [1.807, 2.05) is 31.3 Å². The average molecular weight is 502 g/mol. The second-order valence-corrected chi connectivity index (χ2v) is 9.62. The highest BCUT2D eigenvalue weighted by molar-refractivity contribution is 9.11. The SMILES string of the molecule is COc1ccc2c(c1)N(C)C(CNC(=O)c1ccc(Br)s1)CN=C2c1ccc(F)cc1. The Morgan fingerprint density at radius 2 is 2.03 bits per heavy atom. The number of likely N-dealkylation sites (N-methyl/N-ethyl adjacent to an activating group) is 1. The van der Waals surface area contributed by atoms with Crippen molar-refractivity contribution in [3.05, 3.63) is 80.2 Å². The van der Waals surface area contributed by atoms with E-state index in [0.29, 0.717) is 18.0 Å². The summed E-state index contributed by atoms with van der Waals surface area (Å²) in [6.07, 6.45) is 0. The molecule has 2 aromatic carbocycles. The van der Waals surface area contributed by atoms with Crippen LogP contribution in [0.3, 0.4) is 0 Å². The molecule has 160 valence electrons. The van der Waals surface area contributed by atoms with Gasteiger partial charge in [0.1, 0.15) is 11.6 Å². The van der Waals surface area contributed by atoms with E-state index in [4.69, 9.17) is 9.73 Å². The number of fused-ring (bicyclic) bond motifs is 1. The Balaban J connectivity index is 1.64. The first-order chi connectivity index (χ1) is 15.0. The van der Waals surface area contributed by atoms with Gasteiger partial charge in [0.15, 0.2) is 0 Å². The molecule has 1 aliphatic rings. The number of hydrogen-bond donors (Lipinski definition) is 1. The third kappa shape index (κ3) is 4.65. The number of ether oxygens (including phenoxy) is 1. The summed E-state index contributed by atoms with van der Waals surface area (Å²) < 4.78 is 19.8. The van der Waals surface area contributed by atoms with Crippen molar-refractivity contribution in [2.45, 2.75) is 6.04 Å². The summed E-state index contributed by atoms with van der Waals surface area (Å²) >= 11 is 4.79. The number of anilines is 1. The molecule has 0 spiro atoms. The Hall–Kier alpha value is -2.71. The lowest BCUT2D eigenvalue weighted by atomic mass is 10.00. The van der Waals surface area contributed by atoms with Crippen molar-refractivity contribution in [3.8, 4) is 5.75 Å². The van der Waals surface area contributed by atoms with Crippen LogP contribution in [-0.2, 0) is 0 Å². The molecule has 31 heavy (non-hydrogen) atoms. The molecule has 1 aromatic heterocycles. The Kier molecular flexibility index (Phi) is 6.38. The average Bonchev–Trinajstić information content (AvgIpc) is 3.17. The molecule has 4 rings (SSSR count). The normalized spacial score (nSPS) is 15.7. The molecule has 1 atom stereocenters. The van der Waals surface area contributed by atoms with Crippen LogP contribution in [0.2, 0.25) is 0 Å². The van der Waals surface area contributed by atoms with Gasteiger partial charge in [0.05, 0.1) is 34.1 Å². The van der Waals surface area contributed by atoms with Crippen LogP contribution in [0, 0.1) is 5.82 Å². The zero-order chi connectivity index (χ0) is 22.0. The van der Waals surface area contributed by atoms with E-state index in [0.717, 1.165) is 32.1 Å². The minimum Gasteiger partial charge on any atom is -0.497 e. The fourth-order valence-electron chi connectivity index (χ4n) is 3.52. The van der Waals surface area contributed by atoms with Crippen LogP contribution < -0.4 is 15.0 Å². The van der Waals surface area contributed by atoms with E-state index >= 15 is 0 Å². The van der Waals surface area contributed by atoms with Crippen molar-refractivity contribution in [1.82, 2.24) is 5.32 Å². The lowest BCUT2D eigenvalue weighted by Gasteiger charge is -2.29. The Labute approximate surface area is 192 Å². The van der Waals surface area contributed by atoms with Gasteiger partial charge in [-0.3, -0.25) is 9.79 Å². The number of hydrogen-bond acceptors (Lipinski definition) is 5. The number of carbonyl (C=O) groups excluding carboxylic acids is 1. The number of benzodiazepines with no additional fused rings is 1. The fraction of sp³-hybridized carbons (Fsp3) is 0.217. The van der Waals surface area contributed by atoms with Crippen LogP contribution in [0.4, 0.5) is 10.1 Å². The number of aliphatic imine (C=N–C) groups is 1. The Morgan fingerprint density at radius 1 is 1.26 bits per heavy atom. The van der Waals surface area contributed by atoms with E-state index in [1.54, 1.807) is 25.3 Å². The fourth-order valence-corrected chi connectivity index (χ4v) is 4.82. The second kappa shape index (κ2) is 9.20. The van der Waals surface area contributed by atoms with E-state index in [1.165, 1.54) is 23.5 Å². The van der Waals surface area contributed by atoms with Crippen LogP contribution in [0.5, 0.6) is 5.75 Å². The number of rotatable bonds is 5. The van der Waals surface area contributed by atoms with Gasteiger partial charge in [-0.15, -0.1) is 11.3 Å². The smallest absolute Gasteiger partial charge is 0.261 e. The monoisotopic (exact) mass is 501 g/mol. The largest absolute Gasteiger partial charge is 0.497 e. The minimum absolute atomic E-state index is 0.0591. The number of nitrogens with one attached hydrogen (secondary N) is 1. The summed E-state index contributed by atoms with van der Waals surface area (Å²) in [7, 11) is 3.62. The molecule has 1 unspecified atom stereocenters. The van der Waals surface area contributed by atoms with Gasteiger partial charge >= 0.3 is 0 Å². The van der Waals surface area contributed by atoms with Gasteiger partial charge in [-0.05, 0) is 64.5 Å². The molecule has 2 heterocycles. The molecule has 3 aromatic rings. The highest BCUT2D eigenvalue weighted by Crippen LogP contribution is 2.31. The molecule has 1 amide bonds. The molecular weight excluding hydrogens is 481 g/mol. The summed E-state index contributed by atoms with van der Waals surface area (Å²) in [5, 5.41) is 3.02. The Morgan fingerprint density at radius 3 is 2.71 bits per heavy atom. The number of carbonyl (C=O) groups is 1. The van der Waals surface area contributed by atoms with Crippen LogP contribution in [0.15, 0.2) is 63.4 Å². The van der Waals surface area contributed by atoms with Crippen LogP contribution in [-0.4, -0.2) is 44.9 Å². The molecule has 5 nitrogen and oxygen atoms in total. The van der Waals surface area contributed by atoms with Crippen molar-refractivity contribution in [3.63, 3.8) is 0 Å². The molecule has 0 radical (unpaired) electrons. The maximum atomic E-state index is 13.5. The van der Waals surface area contributed by atoms with Crippen LogP contribution in [0.1, 0.15) is 20.8 Å². The highest BCUT2D eigenvalue weighted by atomic mass is 79.9. The number of nitrogens with zero attached hydrogens (tertiary/aromatic N) is 2. The lowest BCUT2D eigenvalue weighted by molar-refractivity contribution is 0.0955. The predicted molar refractivity (Wildman–Crippen MR) is 126 cm³/mol. The zero-order valence-corrected chi connectivity index (χ0v) is 19.5. The lowest BCUT2D eigenvalue weighted by Crippen LogP contribution is -2.43. The molecule has 1 N–H and O–H groups in total. The maximum Gasteiger partial charge on any atom is 0.261 e. The van der Waals surface area contributed by atoms with Gasteiger partial charge in [-0.2, -0.15) is 0 Å². The summed E-state index contributed by atoms with van der Waals surface area (Å²) in [6.45, 7) is 0.913. The molecule has 0 fully saturated rings. The standard InChI is InChI=1S/C23H21BrFN3O2S/c1-28-16(13-27-23(29)20-9-10-21(24)31-20)12-26-22(14-3-5-15(25)6-4-14)18-8-7-17(30-2)11-19(18)28/h3-11,16H,12-13H2,1-2H3,(H,27,29). The Bertz CT molecular complexity index is 1130. The molecule has 8 heteroatoms. The second-order valence-electron chi connectivity index (χ2n) is 7.16. The molecular formula is C23H21BrFN3O2S. The third-order valence-corrected chi connectivity index (χ3v) is 6.88. The highest BCUT2D eigenvalue weighted by Gasteiger charge is 2.25. The summed E-state index contributed by atoms with van der Waals surface area (Å²) in [5.74, 6) is 0.338. The van der Waals surface area contributed by atoms with Crippen molar-refractivity contribution < 1.29 is 13.9 Å². The zero-order valence-electron chi connectivity index (χ0n) is 17.1. The van der Waals surface area contributed by atoms with E-state index < -0.39 is 0 Å². The van der Waals surface area contributed by atoms with E-state index in [9.17, 15) is 9.18 Å². The first-order valence-corrected chi connectivity index (χ1v) is 11.3. The van der Waals surface area contributed by atoms with E-state index in [2.05, 4.69) is 26.1 Å². The molecule has 0 bridgehead atoms. The number of amides is 1. The quantitative estimate of drug-likeness (QED) is 0.549. The molecule has 1 aliphatic heterocycles. The topological polar surface area (TPSA) is 53.9 Å². The van der Waals surface area contributed by atoms with E-state index in [-0.39, 0.29) is 17.8 Å². The van der Waals surface area contributed by atoms with Gasteiger partial charge in [0.25, 0.3) is 5.91 Å². The van der Waals surface area contributed by atoms with Crippen LogP contribution in [0.25, 0.3) is 0 Å². The summed E-state index contributed by atoms with van der Waals surface area (Å²) in [4.78, 5) is 20.2. The number of methoxy groups -OCH3 is 1. The predicted octanol–water partition coefficient (Wildman–Crippen LogP) is 4.74. The van der Waals surface area contributed by atoms with Crippen LogP contribution >= 0.6 is 27.3 Å². The van der Waals surface area contributed by atoms with Crippen molar-refractivity contribution >= 4 is 44.6 Å². The summed E-state index contributed by atoms with van der Waals surface area (Å²) in [6, 6.07) is 15.8. The number of benzene rings is 2. The van der Waals surface area contributed by atoms with Crippen molar-refractivity contribution in [2.24, 2.45) is 4.99 Å². The first kappa shape index (κ1) is 21.5. The van der Waals surface area contributed by atoms with Crippen molar-refractivity contribution in [1.29, 1.82) is 0 Å². The van der Waals surface area contributed by atoms with Crippen molar-refractivity contribution in [2.75, 3.05) is 32.1 Å². The van der Waals surface area contributed by atoms with Gasteiger partial charge in [-0.25, -0.2) is 4.39 Å². The third-order valence-electron chi connectivity index (χ3n) is 5.26. The number of halogens is 2. The molecule has 0 saturated carbocycles. The van der Waals surface area contributed by atoms with Gasteiger partial charge in [0.2, 0.25) is 0 Å². The summed E-state index contributed by atoms with van der Waals surface area (Å²) in [5.41, 5.74) is 3.51. The first-order valence-electron chi connectivity index (χ1n) is 9.71. The number of thiophene rings is 1. The van der Waals surface area contributed by atoms with Gasteiger partial charge < -0.3 is 15.0 Å². The van der Waals surface area contributed by atoms with Gasteiger partial charge in [0, 0.05) is 36.5 Å². The van der Waals surface area contributed by atoms with Gasteiger partial charge in [-0.1, -0.05) is 0 Å². The maximum absolute atomic E-state index is 13.5. The molecule has 0 aliphatic carbocycles. The minimum atomic E-state index is -0.286. The molecule has 0 saturated heterocycles.